The van der Waals surface area contributed by atoms with Crippen LogP contribution in [0.25, 0.3) is 5.57 Å². The topological polar surface area (TPSA) is 20.2 Å². The lowest BCUT2D eigenvalue weighted by atomic mass is 9.97. The van der Waals surface area contributed by atoms with E-state index < -0.39 is 0 Å². The Bertz CT molecular complexity index is 410. The van der Waals surface area contributed by atoms with Crippen LogP contribution in [0.2, 0.25) is 0 Å². The Morgan fingerprint density at radius 2 is 2.07 bits per heavy atom. The van der Waals surface area contributed by atoms with Crippen LogP contribution in [0.3, 0.4) is 0 Å². The Morgan fingerprint density at radius 1 is 1.40 bits per heavy atom. The van der Waals surface area contributed by atoms with Crippen molar-refractivity contribution in [3.8, 4) is 5.75 Å². The lowest BCUT2D eigenvalue weighted by molar-refractivity contribution is 0.469. The van der Waals surface area contributed by atoms with Gasteiger partial charge >= 0.3 is 0 Å². The third-order valence-electron chi connectivity index (χ3n) is 2.48. The first-order chi connectivity index (χ1) is 7.10. The Hall–Kier alpha value is -1.46. The van der Waals surface area contributed by atoms with E-state index in [-0.39, 0.29) is 0 Å². The van der Waals surface area contributed by atoms with Gasteiger partial charge in [-0.15, -0.1) is 5.73 Å². The van der Waals surface area contributed by atoms with Gasteiger partial charge in [0.2, 0.25) is 0 Å². The van der Waals surface area contributed by atoms with E-state index in [4.69, 9.17) is 0 Å². The molecule has 1 N–H and O–H groups in total. The van der Waals surface area contributed by atoms with E-state index in [2.05, 4.69) is 19.2 Å². The fourth-order valence-electron chi connectivity index (χ4n) is 1.76. The van der Waals surface area contributed by atoms with E-state index in [1.807, 2.05) is 26.0 Å². The van der Waals surface area contributed by atoms with Gasteiger partial charge in [-0.25, -0.2) is 0 Å². The van der Waals surface area contributed by atoms with Crippen molar-refractivity contribution in [2.24, 2.45) is 0 Å². The van der Waals surface area contributed by atoms with Gasteiger partial charge in [0.15, 0.2) is 0 Å². The maximum atomic E-state index is 9.96. The maximum absolute atomic E-state index is 9.96. The second-order valence-corrected chi connectivity index (χ2v) is 3.88. The van der Waals surface area contributed by atoms with Crippen LogP contribution in [0.1, 0.15) is 36.5 Å². The van der Waals surface area contributed by atoms with Crippen LogP contribution in [0.5, 0.6) is 5.75 Å². The zero-order valence-electron chi connectivity index (χ0n) is 9.72. The van der Waals surface area contributed by atoms with Gasteiger partial charge in [-0.05, 0) is 37.5 Å². The first-order valence-corrected chi connectivity index (χ1v) is 5.29. The summed E-state index contributed by atoms with van der Waals surface area (Å²) in [5.74, 6) is 0.361. The van der Waals surface area contributed by atoms with Crippen LogP contribution in [-0.4, -0.2) is 5.11 Å². The molecule has 0 aromatic heterocycles. The third-order valence-corrected chi connectivity index (χ3v) is 2.48. The molecule has 0 unspecified atom stereocenters. The summed E-state index contributed by atoms with van der Waals surface area (Å²) in [6, 6.07) is 3.97. The molecular weight excluding hydrogens is 184 g/mol. The SMILES string of the molecule is C=C=C(CCC)c1cc(C)cc(C)c1O. The molecule has 0 aliphatic heterocycles. The van der Waals surface area contributed by atoms with Crippen LogP contribution in [0.15, 0.2) is 24.4 Å². The minimum atomic E-state index is 0.361. The molecule has 0 saturated carbocycles. The highest BCUT2D eigenvalue weighted by Gasteiger charge is 2.09. The molecule has 1 rings (SSSR count). The second-order valence-electron chi connectivity index (χ2n) is 3.88. The molecule has 0 spiro atoms. The van der Waals surface area contributed by atoms with Gasteiger partial charge < -0.3 is 5.11 Å². The highest BCUT2D eigenvalue weighted by molar-refractivity contribution is 5.71. The number of rotatable bonds is 3. The molecule has 1 aromatic rings. The average molecular weight is 202 g/mol. The van der Waals surface area contributed by atoms with Crippen molar-refractivity contribution < 1.29 is 5.11 Å². The molecule has 0 saturated heterocycles. The number of phenolic OH excluding ortho intramolecular Hbond substituents is 1. The molecule has 1 heteroatoms. The Balaban J connectivity index is 3.29. The summed E-state index contributed by atoms with van der Waals surface area (Å²) in [7, 11) is 0. The lowest BCUT2D eigenvalue weighted by Gasteiger charge is -2.10. The highest BCUT2D eigenvalue weighted by Crippen LogP contribution is 2.31. The first kappa shape index (κ1) is 11.6. The minimum Gasteiger partial charge on any atom is -0.507 e. The van der Waals surface area contributed by atoms with Gasteiger partial charge in [-0.1, -0.05) is 26.0 Å². The summed E-state index contributed by atoms with van der Waals surface area (Å²) in [5, 5.41) is 9.96. The molecule has 1 nitrogen and oxygen atoms in total. The summed E-state index contributed by atoms with van der Waals surface area (Å²) >= 11 is 0. The summed E-state index contributed by atoms with van der Waals surface area (Å²) in [4.78, 5) is 0. The Labute approximate surface area is 91.8 Å². The van der Waals surface area contributed by atoms with Crippen molar-refractivity contribution in [2.75, 3.05) is 0 Å². The van der Waals surface area contributed by atoms with Gasteiger partial charge in [0.1, 0.15) is 5.75 Å². The predicted molar refractivity (Wildman–Crippen MR) is 65.0 cm³/mol. The van der Waals surface area contributed by atoms with Crippen LogP contribution in [-0.2, 0) is 0 Å². The number of aromatic hydroxyl groups is 1. The van der Waals surface area contributed by atoms with Crippen LogP contribution < -0.4 is 0 Å². The second kappa shape index (κ2) is 4.86. The van der Waals surface area contributed by atoms with Crippen molar-refractivity contribution in [2.45, 2.75) is 33.6 Å². The minimum absolute atomic E-state index is 0.361. The van der Waals surface area contributed by atoms with E-state index in [1.165, 1.54) is 0 Å². The molecule has 0 atom stereocenters. The number of benzene rings is 1. The number of aryl methyl sites for hydroxylation is 2. The molecule has 0 aliphatic carbocycles. The van der Waals surface area contributed by atoms with E-state index >= 15 is 0 Å². The zero-order chi connectivity index (χ0) is 11.4. The lowest BCUT2D eigenvalue weighted by Crippen LogP contribution is -1.89. The van der Waals surface area contributed by atoms with Gasteiger partial charge in [0.05, 0.1) is 0 Å². The van der Waals surface area contributed by atoms with E-state index in [9.17, 15) is 5.11 Å². The standard InChI is InChI=1S/C14H18O/c1-5-7-12(6-2)13-9-10(3)8-11(4)14(13)15/h8-9,15H,2,5,7H2,1,3-4H3. The van der Waals surface area contributed by atoms with Crippen LogP contribution >= 0.6 is 0 Å². The smallest absolute Gasteiger partial charge is 0.126 e. The summed E-state index contributed by atoms with van der Waals surface area (Å²) < 4.78 is 0. The van der Waals surface area contributed by atoms with E-state index in [0.29, 0.717) is 5.75 Å². The van der Waals surface area contributed by atoms with Crippen molar-refractivity contribution in [1.29, 1.82) is 0 Å². The molecular formula is C14H18O. The normalized spacial score (nSPS) is 9.80. The Kier molecular flexibility index (Phi) is 3.76. The summed E-state index contributed by atoms with van der Waals surface area (Å²) in [6.07, 6.45) is 1.93. The largest absolute Gasteiger partial charge is 0.507 e. The van der Waals surface area contributed by atoms with Gasteiger partial charge in [-0.2, -0.15) is 0 Å². The quantitative estimate of drug-likeness (QED) is 0.735. The molecule has 15 heavy (non-hydrogen) atoms. The van der Waals surface area contributed by atoms with Gasteiger partial charge in [-0.3, -0.25) is 0 Å². The molecule has 0 heterocycles. The van der Waals surface area contributed by atoms with Gasteiger partial charge in [0, 0.05) is 11.1 Å². The van der Waals surface area contributed by atoms with Crippen molar-refractivity contribution in [3.63, 3.8) is 0 Å². The number of phenols is 1. The number of allylic oxidation sites excluding steroid dienone is 1. The third kappa shape index (κ3) is 2.51. The van der Waals surface area contributed by atoms with Crippen molar-refractivity contribution >= 4 is 5.57 Å². The van der Waals surface area contributed by atoms with E-state index in [1.54, 1.807) is 0 Å². The predicted octanol–water partition coefficient (Wildman–Crippen LogP) is 3.98. The van der Waals surface area contributed by atoms with E-state index in [0.717, 1.165) is 35.1 Å². The van der Waals surface area contributed by atoms with Crippen LogP contribution in [0, 0.1) is 13.8 Å². The fourth-order valence-corrected chi connectivity index (χ4v) is 1.76. The summed E-state index contributed by atoms with van der Waals surface area (Å²) in [6.45, 7) is 9.74. The highest BCUT2D eigenvalue weighted by atomic mass is 16.3. The molecule has 0 amide bonds. The summed E-state index contributed by atoms with van der Waals surface area (Å²) in [5.41, 5.74) is 6.87. The molecule has 80 valence electrons. The zero-order valence-corrected chi connectivity index (χ0v) is 9.72. The monoisotopic (exact) mass is 202 g/mol. The maximum Gasteiger partial charge on any atom is 0.126 e. The molecule has 0 bridgehead atoms. The van der Waals surface area contributed by atoms with Crippen molar-refractivity contribution in [3.05, 3.63) is 41.1 Å². The molecule has 0 fully saturated rings. The Morgan fingerprint density at radius 3 is 2.60 bits per heavy atom. The number of hydrogen-bond donors (Lipinski definition) is 1. The number of hydrogen-bond acceptors (Lipinski definition) is 1. The molecule has 0 aliphatic rings. The molecule has 1 aromatic carbocycles. The molecule has 0 radical (unpaired) electrons. The first-order valence-electron chi connectivity index (χ1n) is 5.29. The van der Waals surface area contributed by atoms with Crippen LogP contribution in [0.4, 0.5) is 0 Å². The van der Waals surface area contributed by atoms with Gasteiger partial charge in [0.25, 0.3) is 0 Å². The fraction of sp³-hybridized carbons (Fsp3) is 0.357. The van der Waals surface area contributed by atoms with Crippen molar-refractivity contribution in [1.82, 2.24) is 0 Å². The average Bonchev–Trinajstić information content (AvgIpc) is 2.20.